The average Bonchev–Trinajstić information content (AvgIpc) is 2.48. The lowest BCUT2D eigenvalue weighted by molar-refractivity contribution is 0.355. The van der Waals surface area contributed by atoms with Crippen LogP contribution in [-0.2, 0) is 12.8 Å². The summed E-state index contributed by atoms with van der Waals surface area (Å²) in [7, 11) is 3.35. The molecule has 1 aliphatic rings. The van der Waals surface area contributed by atoms with Crippen LogP contribution >= 0.6 is 0 Å². The molecule has 0 saturated carbocycles. The van der Waals surface area contributed by atoms with Crippen LogP contribution in [0.3, 0.4) is 0 Å². The summed E-state index contributed by atoms with van der Waals surface area (Å²) < 4.78 is 10.8. The Morgan fingerprint density at radius 1 is 0.905 bits per heavy atom. The summed E-state index contributed by atoms with van der Waals surface area (Å²) in [4.78, 5) is 4.93. The molecule has 0 unspecified atom stereocenters. The molecule has 1 aromatic heterocycles. The molecular formula is C18H23NO2. The number of rotatable bonds is 2. The smallest absolute Gasteiger partial charge is 0.162 e. The molecule has 3 rings (SSSR count). The van der Waals surface area contributed by atoms with Crippen molar-refractivity contribution < 1.29 is 9.47 Å². The molecule has 2 aromatic rings. The summed E-state index contributed by atoms with van der Waals surface area (Å²) in [6.07, 6.45) is 7.43. The molecule has 0 radical (unpaired) electrons. The Morgan fingerprint density at radius 2 is 1.57 bits per heavy atom. The first kappa shape index (κ1) is 14.2. The second kappa shape index (κ2) is 5.92. The van der Waals surface area contributed by atoms with Gasteiger partial charge in [0.05, 0.1) is 19.7 Å². The number of fused-ring (bicyclic) bond motifs is 2. The Bertz CT molecular complexity index is 664. The normalized spacial score (nSPS) is 15.2. The monoisotopic (exact) mass is 285 g/mol. The number of aryl methyl sites for hydroxylation is 2. The molecule has 3 nitrogen and oxygen atoms in total. The maximum absolute atomic E-state index is 5.44. The molecule has 0 spiro atoms. The molecule has 1 aromatic carbocycles. The third-order valence-electron chi connectivity index (χ3n) is 4.55. The summed E-state index contributed by atoms with van der Waals surface area (Å²) in [5, 5.41) is 1.19. The van der Waals surface area contributed by atoms with Crippen molar-refractivity contribution in [1.82, 2.24) is 4.98 Å². The van der Waals surface area contributed by atoms with E-state index in [9.17, 15) is 0 Å². The molecule has 0 aliphatic heterocycles. The summed E-state index contributed by atoms with van der Waals surface area (Å²) in [5.74, 6) is 1.53. The summed E-state index contributed by atoms with van der Waals surface area (Å²) in [5.41, 5.74) is 5.11. The Hall–Kier alpha value is -1.77. The Morgan fingerprint density at radius 3 is 2.29 bits per heavy atom. The zero-order chi connectivity index (χ0) is 14.8. The zero-order valence-electron chi connectivity index (χ0n) is 13.2. The molecule has 21 heavy (non-hydrogen) atoms. The predicted molar refractivity (Wildman–Crippen MR) is 85.5 cm³/mol. The van der Waals surface area contributed by atoms with Crippen molar-refractivity contribution in [2.75, 3.05) is 14.2 Å². The molecule has 3 heteroatoms. The van der Waals surface area contributed by atoms with Gasteiger partial charge in [-0.1, -0.05) is 12.8 Å². The van der Waals surface area contributed by atoms with E-state index in [1.165, 1.54) is 47.9 Å². The zero-order valence-corrected chi connectivity index (χ0v) is 13.2. The van der Waals surface area contributed by atoms with E-state index in [0.717, 1.165) is 29.9 Å². The van der Waals surface area contributed by atoms with Crippen molar-refractivity contribution in [3.63, 3.8) is 0 Å². The topological polar surface area (TPSA) is 31.4 Å². The average molecular weight is 285 g/mol. The van der Waals surface area contributed by atoms with Gasteiger partial charge in [-0.3, -0.25) is 4.98 Å². The fraction of sp³-hybridized carbons (Fsp3) is 0.500. The van der Waals surface area contributed by atoms with Gasteiger partial charge in [-0.15, -0.1) is 0 Å². The minimum Gasteiger partial charge on any atom is -0.493 e. The number of ether oxygens (including phenoxy) is 2. The first-order valence-corrected chi connectivity index (χ1v) is 7.78. The largest absolute Gasteiger partial charge is 0.493 e. The lowest BCUT2D eigenvalue weighted by atomic mass is 9.92. The third kappa shape index (κ3) is 2.57. The summed E-state index contributed by atoms with van der Waals surface area (Å²) >= 11 is 0. The molecule has 1 heterocycles. The van der Waals surface area contributed by atoms with Crippen LogP contribution in [0.4, 0.5) is 0 Å². The standard InChI is InChI=1S/C18H23NO2/c1-12-13-8-6-4-5-7-9-15(13)19-16-11-18(21-3)17(20-2)10-14(12)16/h10-11H,4-9H2,1-3H3. The first-order valence-electron chi connectivity index (χ1n) is 7.78. The Kier molecular flexibility index (Phi) is 4.00. The highest BCUT2D eigenvalue weighted by atomic mass is 16.5. The van der Waals surface area contributed by atoms with Gasteiger partial charge >= 0.3 is 0 Å². The summed E-state index contributed by atoms with van der Waals surface area (Å²) in [6, 6.07) is 4.07. The molecule has 0 atom stereocenters. The van der Waals surface area contributed by atoms with Gasteiger partial charge in [-0.05, 0) is 49.8 Å². The van der Waals surface area contributed by atoms with Crippen molar-refractivity contribution in [2.45, 2.75) is 45.4 Å². The molecule has 1 aliphatic carbocycles. The minimum atomic E-state index is 0.752. The second-order valence-corrected chi connectivity index (χ2v) is 5.80. The molecule has 112 valence electrons. The highest BCUT2D eigenvalue weighted by molar-refractivity contribution is 5.87. The van der Waals surface area contributed by atoms with Gasteiger partial charge < -0.3 is 9.47 Å². The highest BCUT2D eigenvalue weighted by Gasteiger charge is 2.16. The van der Waals surface area contributed by atoms with Crippen LogP contribution in [0, 0.1) is 6.92 Å². The highest BCUT2D eigenvalue weighted by Crippen LogP contribution is 2.35. The number of benzene rings is 1. The van der Waals surface area contributed by atoms with Gasteiger partial charge in [0.2, 0.25) is 0 Å². The number of aromatic nitrogens is 1. The predicted octanol–water partition coefficient (Wildman–Crippen LogP) is 4.22. The van der Waals surface area contributed by atoms with Crippen LogP contribution in [0.2, 0.25) is 0 Å². The number of nitrogens with zero attached hydrogens (tertiary/aromatic N) is 1. The van der Waals surface area contributed by atoms with Crippen molar-refractivity contribution >= 4 is 10.9 Å². The number of hydrogen-bond donors (Lipinski definition) is 0. The molecule has 0 saturated heterocycles. The van der Waals surface area contributed by atoms with Crippen molar-refractivity contribution in [3.05, 3.63) is 29.0 Å². The van der Waals surface area contributed by atoms with E-state index in [0.29, 0.717) is 0 Å². The van der Waals surface area contributed by atoms with Crippen LogP contribution in [0.1, 0.15) is 42.5 Å². The third-order valence-corrected chi connectivity index (χ3v) is 4.55. The van der Waals surface area contributed by atoms with E-state index in [4.69, 9.17) is 14.5 Å². The van der Waals surface area contributed by atoms with Gasteiger partial charge in [-0.2, -0.15) is 0 Å². The fourth-order valence-electron chi connectivity index (χ4n) is 3.34. The van der Waals surface area contributed by atoms with E-state index < -0.39 is 0 Å². The number of hydrogen-bond acceptors (Lipinski definition) is 3. The lowest BCUT2D eigenvalue weighted by Gasteiger charge is -2.18. The van der Waals surface area contributed by atoms with Crippen molar-refractivity contribution in [2.24, 2.45) is 0 Å². The van der Waals surface area contributed by atoms with Crippen LogP contribution < -0.4 is 9.47 Å². The van der Waals surface area contributed by atoms with E-state index in [-0.39, 0.29) is 0 Å². The number of pyridine rings is 1. The van der Waals surface area contributed by atoms with Crippen LogP contribution in [0.15, 0.2) is 12.1 Å². The van der Waals surface area contributed by atoms with Crippen LogP contribution in [0.25, 0.3) is 10.9 Å². The van der Waals surface area contributed by atoms with Gasteiger partial charge in [0, 0.05) is 17.1 Å². The maximum Gasteiger partial charge on any atom is 0.162 e. The fourth-order valence-corrected chi connectivity index (χ4v) is 3.34. The van der Waals surface area contributed by atoms with Gasteiger partial charge in [-0.25, -0.2) is 0 Å². The van der Waals surface area contributed by atoms with Gasteiger partial charge in [0.25, 0.3) is 0 Å². The Balaban J connectivity index is 2.22. The first-order chi connectivity index (χ1) is 10.2. The maximum atomic E-state index is 5.44. The SMILES string of the molecule is COc1cc2nc3c(c(C)c2cc1OC)CCCCCC3. The Labute approximate surface area is 126 Å². The van der Waals surface area contributed by atoms with E-state index >= 15 is 0 Å². The second-order valence-electron chi connectivity index (χ2n) is 5.80. The molecule has 0 bridgehead atoms. The minimum absolute atomic E-state index is 0.752. The molecule has 0 fully saturated rings. The molecule has 0 N–H and O–H groups in total. The summed E-state index contributed by atoms with van der Waals surface area (Å²) in [6.45, 7) is 2.22. The van der Waals surface area contributed by atoms with Crippen molar-refractivity contribution in [1.29, 1.82) is 0 Å². The molecular weight excluding hydrogens is 262 g/mol. The lowest BCUT2D eigenvalue weighted by Crippen LogP contribution is -2.06. The van der Waals surface area contributed by atoms with E-state index in [2.05, 4.69) is 13.0 Å². The van der Waals surface area contributed by atoms with Gasteiger partial charge in [0.1, 0.15) is 0 Å². The van der Waals surface area contributed by atoms with Crippen LogP contribution in [0.5, 0.6) is 11.5 Å². The molecule has 0 amide bonds. The quantitative estimate of drug-likeness (QED) is 0.828. The van der Waals surface area contributed by atoms with Crippen molar-refractivity contribution in [3.8, 4) is 11.5 Å². The van der Waals surface area contributed by atoms with Gasteiger partial charge in [0.15, 0.2) is 11.5 Å². The van der Waals surface area contributed by atoms with E-state index in [1.807, 2.05) is 6.07 Å². The van der Waals surface area contributed by atoms with Crippen LogP contribution in [-0.4, -0.2) is 19.2 Å². The van der Waals surface area contributed by atoms with E-state index in [1.54, 1.807) is 14.2 Å². The number of methoxy groups -OCH3 is 2.